The van der Waals surface area contributed by atoms with Crippen LogP contribution < -0.4 is 15.5 Å². The molecule has 0 saturated carbocycles. The molecule has 1 aliphatic heterocycles. The lowest BCUT2D eigenvalue weighted by molar-refractivity contribution is -0.139. The molecule has 2 heterocycles. The number of fused-ring (bicyclic) bond motifs is 1. The lowest BCUT2D eigenvalue weighted by atomic mass is 9.98. The van der Waals surface area contributed by atoms with Gasteiger partial charge in [-0.1, -0.05) is 38.5 Å². The van der Waals surface area contributed by atoms with Crippen LogP contribution in [0.25, 0.3) is 0 Å². The maximum absolute atomic E-state index is 12.9. The zero-order valence-electron chi connectivity index (χ0n) is 17.7. The second-order valence-electron chi connectivity index (χ2n) is 7.62. The van der Waals surface area contributed by atoms with Crippen molar-refractivity contribution in [3.8, 4) is 0 Å². The van der Waals surface area contributed by atoms with Crippen molar-refractivity contribution in [1.82, 2.24) is 31.3 Å². The fraction of sp³-hybridized carbons (Fsp3) is 0.450. The molecule has 1 aliphatic rings. The molecule has 12 nitrogen and oxygen atoms in total. The topological polar surface area (TPSA) is 170 Å². The number of aromatic nitrogens is 4. The van der Waals surface area contributed by atoms with Crippen LogP contribution in [0.5, 0.6) is 0 Å². The third kappa shape index (κ3) is 5.07. The Morgan fingerprint density at radius 2 is 2.03 bits per heavy atom. The third-order valence-corrected chi connectivity index (χ3v) is 5.47. The number of tetrazole rings is 1. The number of benzene rings is 1. The number of nitrogens with one attached hydrogen (secondary N) is 3. The molecule has 3 amide bonds. The van der Waals surface area contributed by atoms with E-state index in [-0.39, 0.29) is 24.6 Å². The van der Waals surface area contributed by atoms with E-state index in [1.165, 1.54) is 4.90 Å². The zero-order valence-corrected chi connectivity index (χ0v) is 17.7. The number of amides is 3. The summed E-state index contributed by atoms with van der Waals surface area (Å²) >= 11 is 0. The summed E-state index contributed by atoms with van der Waals surface area (Å²) in [7, 11) is 0. The van der Waals surface area contributed by atoms with Crippen molar-refractivity contribution in [3.05, 3.63) is 35.7 Å². The standard InChI is InChI=1S/C20H25N7O5/c1-3-11(2)18(22-16(28)9-15-23-25-26-24-15)19(30)21-10-17(29)27-13-7-5-4-6-12(13)8-14(27)20(31)32/h4-7,11,14,18H,3,8-10H2,1-2H3,(H,21,30)(H,22,28)(H,31,32)(H,23,24,25,26)/t11-,14-,18-/m0/s1. The predicted octanol–water partition coefficient (Wildman–Crippen LogP) is -0.568. The molecule has 170 valence electrons. The van der Waals surface area contributed by atoms with E-state index >= 15 is 0 Å². The number of H-pyrrole nitrogens is 1. The van der Waals surface area contributed by atoms with Crippen molar-refractivity contribution >= 4 is 29.4 Å². The summed E-state index contributed by atoms with van der Waals surface area (Å²) in [5, 5.41) is 27.6. The Balaban J connectivity index is 1.65. The molecule has 2 aromatic rings. The van der Waals surface area contributed by atoms with E-state index in [4.69, 9.17) is 0 Å². The van der Waals surface area contributed by atoms with E-state index < -0.39 is 42.3 Å². The summed E-state index contributed by atoms with van der Waals surface area (Å²) in [4.78, 5) is 50.8. The Morgan fingerprint density at radius 3 is 2.69 bits per heavy atom. The highest BCUT2D eigenvalue weighted by molar-refractivity contribution is 6.04. The molecule has 0 spiro atoms. The molecule has 12 heteroatoms. The molecule has 0 fully saturated rings. The van der Waals surface area contributed by atoms with Gasteiger partial charge in [0.1, 0.15) is 12.1 Å². The number of anilines is 1. The summed E-state index contributed by atoms with van der Waals surface area (Å²) in [5.41, 5.74) is 1.28. The maximum Gasteiger partial charge on any atom is 0.327 e. The van der Waals surface area contributed by atoms with Crippen LogP contribution >= 0.6 is 0 Å². The highest BCUT2D eigenvalue weighted by atomic mass is 16.4. The Bertz CT molecular complexity index is 994. The van der Waals surface area contributed by atoms with Crippen molar-refractivity contribution in [1.29, 1.82) is 0 Å². The van der Waals surface area contributed by atoms with Crippen molar-refractivity contribution in [2.24, 2.45) is 5.92 Å². The van der Waals surface area contributed by atoms with Gasteiger partial charge in [-0.25, -0.2) is 9.89 Å². The second kappa shape index (κ2) is 9.98. The molecule has 1 aromatic heterocycles. The average molecular weight is 443 g/mol. The van der Waals surface area contributed by atoms with Gasteiger partial charge in [0.2, 0.25) is 17.7 Å². The van der Waals surface area contributed by atoms with Crippen LogP contribution in [0, 0.1) is 5.92 Å². The molecular formula is C20H25N7O5. The minimum atomic E-state index is -1.12. The Hall–Kier alpha value is -3.83. The van der Waals surface area contributed by atoms with Gasteiger partial charge in [-0.2, -0.15) is 0 Å². The number of nitrogens with zero attached hydrogens (tertiary/aromatic N) is 4. The van der Waals surface area contributed by atoms with E-state index in [1.54, 1.807) is 31.2 Å². The molecule has 0 bridgehead atoms. The molecule has 0 aliphatic carbocycles. The number of aromatic amines is 1. The Morgan fingerprint density at radius 1 is 1.28 bits per heavy atom. The van der Waals surface area contributed by atoms with Gasteiger partial charge >= 0.3 is 5.97 Å². The average Bonchev–Trinajstić information content (AvgIpc) is 3.42. The number of aliphatic carboxylic acids is 1. The van der Waals surface area contributed by atoms with Crippen LogP contribution in [0.1, 0.15) is 31.7 Å². The van der Waals surface area contributed by atoms with Crippen molar-refractivity contribution < 1.29 is 24.3 Å². The number of carbonyl (C=O) groups excluding carboxylic acids is 3. The van der Waals surface area contributed by atoms with Crippen molar-refractivity contribution in [2.75, 3.05) is 11.4 Å². The number of para-hydroxylation sites is 1. The smallest absolute Gasteiger partial charge is 0.327 e. The second-order valence-corrected chi connectivity index (χ2v) is 7.62. The first-order valence-electron chi connectivity index (χ1n) is 10.2. The minimum Gasteiger partial charge on any atom is -0.480 e. The summed E-state index contributed by atoms with van der Waals surface area (Å²) in [6.45, 7) is 3.28. The first kappa shape index (κ1) is 22.8. The molecule has 0 unspecified atom stereocenters. The lowest BCUT2D eigenvalue weighted by Gasteiger charge is -2.25. The lowest BCUT2D eigenvalue weighted by Crippen LogP contribution is -2.53. The quantitative estimate of drug-likeness (QED) is 0.399. The van der Waals surface area contributed by atoms with Gasteiger partial charge in [-0.05, 0) is 28.0 Å². The number of carboxylic acids is 1. The number of carbonyl (C=O) groups is 4. The van der Waals surface area contributed by atoms with Gasteiger partial charge in [-0.3, -0.25) is 19.3 Å². The highest BCUT2D eigenvalue weighted by Crippen LogP contribution is 2.32. The van der Waals surface area contributed by atoms with Crippen molar-refractivity contribution in [3.63, 3.8) is 0 Å². The van der Waals surface area contributed by atoms with Gasteiger partial charge in [0.15, 0.2) is 5.82 Å². The Labute approximate surface area is 183 Å². The minimum absolute atomic E-state index is 0.128. The van der Waals surface area contributed by atoms with Crippen LogP contribution in [0.3, 0.4) is 0 Å². The molecule has 0 radical (unpaired) electrons. The van der Waals surface area contributed by atoms with Crippen LogP contribution in [0.2, 0.25) is 0 Å². The number of rotatable bonds is 9. The number of hydrogen-bond donors (Lipinski definition) is 4. The number of hydrogen-bond acceptors (Lipinski definition) is 7. The number of carboxylic acid groups (broad SMARTS) is 1. The summed E-state index contributed by atoms with van der Waals surface area (Å²) in [6, 6.07) is 5.05. The van der Waals surface area contributed by atoms with E-state index in [0.29, 0.717) is 12.1 Å². The molecule has 3 atom stereocenters. The fourth-order valence-electron chi connectivity index (χ4n) is 3.58. The van der Waals surface area contributed by atoms with Gasteiger partial charge in [0, 0.05) is 12.1 Å². The molecule has 1 aromatic carbocycles. The van der Waals surface area contributed by atoms with Crippen LogP contribution in [0.15, 0.2) is 24.3 Å². The Kier molecular flexibility index (Phi) is 7.13. The first-order valence-corrected chi connectivity index (χ1v) is 10.2. The predicted molar refractivity (Wildman–Crippen MR) is 111 cm³/mol. The third-order valence-electron chi connectivity index (χ3n) is 5.47. The van der Waals surface area contributed by atoms with Crippen molar-refractivity contribution in [2.45, 2.75) is 45.2 Å². The van der Waals surface area contributed by atoms with Gasteiger partial charge in [-0.15, -0.1) is 5.10 Å². The normalized spacial score (nSPS) is 16.7. The van der Waals surface area contributed by atoms with Crippen LogP contribution in [-0.2, 0) is 32.0 Å². The van der Waals surface area contributed by atoms with Gasteiger partial charge in [0.05, 0.1) is 13.0 Å². The van der Waals surface area contributed by atoms with E-state index in [0.717, 1.165) is 5.56 Å². The van der Waals surface area contributed by atoms with E-state index in [9.17, 15) is 24.3 Å². The largest absolute Gasteiger partial charge is 0.480 e. The summed E-state index contributed by atoms with van der Waals surface area (Å²) in [6.07, 6.45) is 0.682. The van der Waals surface area contributed by atoms with E-state index in [2.05, 4.69) is 31.3 Å². The van der Waals surface area contributed by atoms with Crippen LogP contribution in [-0.4, -0.2) is 68.0 Å². The highest BCUT2D eigenvalue weighted by Gasteiger charge is 2.38. The molecule has 3 rings (SSSR count). The monoisotopic (exact) mass is 443 g/mol. The zero-order chi connectivity index (χ0) is 23.3. The van der Waals surface area contributed by atoms with Crippen LogP contribution in [0.4, 0.5) is 5.69 Å². The summed E-state index contributed by atoms with van der Waals surface area (Å²) in [5.74, 6) is -2.59. The molecular weight excluding hydrogens is 418 g/mol. The molecule has 32 heavy (non-hydrogen) atoms. The first-order chi connectivity index (χ1) is 15.3. The van der Waals surface area contributed by atoms with Gasteiger partial charge < -0.3 is 15.7 Å². The van der Waals surface area contributed by atoms with Gasteiger partial charge in [0.25, 0.3) is 0 Å². The fourth-order valence-corrected chi connectivity index (χ4v) is 3.58. The molecule has 0 saturated heterocycles. The SMILES string of the molecule is CC[C@H](C)[C@H](NC(=O)Cc1nnn[nH]1)C(=O)NCC(=O)N1c2ccccc2C[C@H]1C(=O)O. The summed E-state index contributed by atoms with van der Waals surface area (Å²) < 4.78 is 0. The maximum atomic E-state index is 12.9. The van der Waals surface area contributed by atoms with E-state index in [1.807, 2.05) is 6.92 Å². The molecule has 4 N–H and O–H groups in total.